The Kier molecular flexibility index (Phi) is 11.0. The van der Waals surface area contributed by atoms with Crippen LogP contribution in [0.2, 0.25) is 0 Å². The Labute approximate surface area is 163 Å². The topological polar surface area (TPSA) is 48.9 Å². The van der Waals surface area contributed by atoms with E-state index in [-0.39, 0.29) is 24.0 Å². The van der Waals surface area contributed by atoms with Gasteiger partial charge in [0.05, 0.1) is 13.2 Å². The first kappa shape index (κ1) is 21.2. The normalized spacial score (nSPS) is 15.7. The summed E-state index contributed by atoms with van der Waals surface area (Å²) in [4.78, 5) is 6.71. The molecular formula is C18H31IN4O. The van der Waals surface area contributed by atoms with E-state index >= 15 is 0 Å². The van der Waals surface area contributed by atoms with E-state index in [9.17, 15) is 0 Å². The van der Waals surface area contributed by atoms with Crippen molar-refractivity contribution in [3.05, 3.63) is 35.4 Å². The minimum Gasteiger partial charge on any atom is -0.379 e. The average molecular weight is 446 g/mol. The predicted molar refractivity (Wildman–Crippen MR) is 111 cm³/mol. The monoisotopic (exact) mass is 446 g/mol. The molecule has 1 fully saturated rings. The molecule has 0 bridgehead atoms. The van der Waals surface area contributed by atoms with Crippen LogP contribution in [0.5, 0.6) is 0 Å². The number of halogens is 1. The molecule has 24 heavy (non-hydrogen) atoms. The standard InChI is InChI=1S/C18H30N4O.HI/c1-3-4-8-20-18(19-2)21-14-16-6-5-7-17(13-16)15-22-9-11-23-12-10-22;/h5-7,13H,3-4,8-12,14-15H2,1-2H3,(H2,19,20,21);1H. The predicted octanol–water partition coefficient (Wildman–Crippen LogP) is 2.60. The van der Waals surface area contributed by atoms with Gasteiger partial charge >= 0.3 is 0 Å². The Morgan fingerprint density at radius 3 is 2.67 bits per heavy atom. The first-order valence-electron chi connectivity index (χ1n) is 8.64. The summed E-state index contributed by atoms with van der Waals surface area (Å²) in [6.07, 6.45) is 2.35. The van der Waals surface area contributed by atoms with Crippen molar-refractivity contribution in [3.8, 4) is 0 Å². The van der Waals surface area contributed by atoms with Crippen LogP contribution in [0.3, 0.4) is 0 Å². The van der Waals surface area contributed by atoms with E-state index in [1.165, 1.54) is 17.5 Å². The van der Waals surface area contributed by atoms with Crippen LogP contribution < -0.4 is 10.6 Å². The van der Waals surface area contributed by atoms with Gasteiger partial charge in [-0.3, -0.25) is 9.89 Å². The number of aliphatic imine (C=N–C) groups is 1. The number of nitrogens with zero attached hydrogens (tertiary/aromatic N) is 2. The second-order valence-electron chi connectivity index (χ2n) is 5.91. The van der Waals surface area contributed by atoms with E-state index in [1.807, 2.05) is 7.05 Å². The molecule has 1 aliphatic heterocycles. The van der Waals surface area contributed by atoms with Crippen molar-refractivity contribution in [1.29, 1.82) is 0 Å². The minimum atomic E-state index is 0. The van der Waals surface area contributed by atoms with E-state index in [2.05, 4.69) is 51.7 Å². The Bertz CT molecular complexity index is 490. The Morgan fingerprint density at radius 1 is 1.21 bits per heavy atom. The third-order valence-corrected chi connectivity index (χ3v) is 4.01. The fraction of sp³-hybridized carbons (Fsp3) is 0.611. The van der Waals surface area contributed by atoms with Gasteiger partial charge in [-0.2, -0.15) is 0 Å². The van der Waals surface area contributed by atoms with Gasteiger partial charge in [0.25, 0.3) is 0 Å². The Morgan fingerprint density at radius 2 is 1.96 bits per heavy atom. The molecule has 0 saturated carbocycles. The van der Waals surface area contributed by atoms with Crippen molar-refractivity contribution in [3.63, 3.8) is 0 Å². The summed E-state index contributed by atoms with van der Waals surface area (Å²) in [7, 11) is 1.82. The van der Waals surface area contributed by atoms with Crippen LogP contribution in [0.15, 0.2) is 29.3 Å². The average Bonchev–Trinajstić information content (AvgIpc) is 2.59. The highest BCUT2D eigenvalue weighted by molar-refractivity contribution is 14.0. The first-order chi connectivity index (χ1) is 11.3. The fourth-order valence-electron chi connectivity index (χ4n) is 2.65. The van der Waals surface area contributed by atoms with Crippen LogP contribution in [-0.4, -0.2) is 50.8 Å². The van der Waals surface area contributed by atoms with Crippen molar-refractivity contribution >= 4 is 29.9 Å². The van der Waals surface area contributed by atoms with Crippen LogP contribution in [0, 0.1) is 0 Å². The van der Waals surface area contributed by atoms with Gasteiger partial charge < -0.3 is 15.4 Å². The summed E-state index contributed by atoms with van der Waals surface area (Å²) < 4.78 is 5.41. The van der Waals surface area contributed by atoms with E-state index in [0.717, 1.165) is 58.3 Å². The lowest BCUT2D eigenvalue weighted by molar-refractivity contribution is 0.0342. The fourth-order valence-corrected chi connectivity index (χ4v) is 2.65. The highest BCUT2D eigenvalue weighted by Gasteiger charge is 2.10. The van der Waals surface area contributed by atoms with Crippen LogP contribution in [0.1, 0.15) is 30.9 Å². The van der Waals surface area contributed by atoms with E-state index in [1.54, 1.807) is 0 Å². The summed E-state index contributed by atoms with van der Waals surface area (Å²) in [5.74, 6) is 0.872. The van der Waals surface area contributed by atoms with Crippen LogP contribution in [0.25, 0.3) is 0 Å². The maximum Gasteiger partial charge on any atom is 0.191 e. The number of rotatable bonds is 7. The largest absolute Gasteiger partial charge is 0.379 e. The summed E-state index contributed by atoms with van der Waals surface area (Å²) in [5, 5.41) is 6.72. The molecule has 0 amide bonds. The molecule has 1 saturated heterocycles. The second-order valence-corrected chi connectivity index (χ2v) is 5.91. The molecule has 2 rings (SSSR count). The van der Waals surface area contributed by atoms with Crippen molar-refractivity contribution in [2.45, 2.75) is 32.9 Å². The number of unbranched alkanes of at least 4 members (excludes halogenated alkanes) is 1. The highest BCUT2D eigenvalue weighted by Crippen LogP contribution is 2.10. The molecule has 1 aromatic carbocycles. The molecule has 0 atom stereocenters. The SMILES string of the molecule is CCCCNC(=NC)NCc1cccc(CN2CCOCC2)c1.I. The zero-order valence-corrected chi connectivity index (χ0v) is 17.2. The lowest BCUT2D eigenvalue weighted by atomic mass is 10.1. The van der Waals surface area contributed by atoms with Crippen LogP contribution in [0.4, 0.5) is 0 Å². The van der Waals surface area contributed by atoms with Gasteiger partial charge in [-0.25, -0.2) is 0 Å². The number of hydrogen-bond acceptors (Lipinski definition) is 3. The van der Waals surface area contributed by atoms with Gasteiger partial charge in [-0.15, -0.1) is 24.0 Å². The molecule has 1 aromatic rings. The van der Waals surface area contributed by atoms with Gasteiger partial charge in [0.1, 0.15) is 0 Å². The van der Waals surface area contributed by atoms with Crippen molar-refractivity contribution < 1.29 is 4.74 Å². The zero-order valence-electron chi connectivity index (χ0n) is 14.9. The third kappa shape index (κ3) is 7.81. The molecule has 136 valence electrons. The third-order valence-electron chi connectivity index (χ3n) is 4.01. The van der Waals surface area contributed by atoms with Crippen molar-refractivity contribution in [2.24, 2.45) is 4.99 Å². The number of nitrogens with one attached hydrogen (secondary N) is 2. The van der Waals surface area contributed by atoms with Crippen LogP contribution >= 0.6 is 24.0 Å². The quantitative estimate of drug-likeness (QED) is 0.293. The van der Waals surface area contributed by atoms with Gasteiger partial charge in [0, 0.05) is 39.8 Å². The summed E-state index contributed by atoms with van der Waals surface area (Å²) in [6.45, 7) is 8.70. The lowest BCUT2D eigenvalue weighted by Crippen LogP contribution is -2.37. The number of hydrogen-bond donors (Lipinski definition) is 2. The smallest absolute Gasteiger partial charge is 0.191 e. The molecule has 0 spiro atoms. The van der Waals surface area contributed by atoms with E-state index in [4.69, 9.17) is 4.74 Å². The van der Waals surface area contributed by atoms with Crippen molar-refractivity contribution in [1.82, 2.24) is 15.5 Å². The van der Waals surface area contributed by atoms with E-state index in [0.29, 0.717) is 0 Å². The number of benzene rings is 1. The molecule has 6 heteroatoms. The van der Waals surface area contributed by atoms with Gasteiger partial charge in [-0.1, -0.05) is 37.6 Å². The van der Waals surface area contributed by atoms with Crippen molar-refractivity contribution in [2.75, 3.05) is 39.9 Å². The molecule has 0 aliphatic carbocycles. The molecule has 0 unspecified atom stereocenters. The van der Waals surface area contributed by atoms with E-state index < -0.39 is 0 Å². The molecule has 2 N–H and O–H groups in total. The van der Waals surface area contributed by atoms with Gasteiger partial charge in [0.2, 0.25) is 0 Å². The molecule has 1 heterocycles. The summed E-state index contributed by atoms with van der Waals surface area (Å²) >= 11 is 0. The first-order valence-corrected chi connectivity index (χ1v) is 8.64. The highest BCUT2D eigenvalue weighted by atomic mass is 127. The van der Waals surface area contributed by atoms with Gasteiger partial charge in [0.15, 0.2) is 5.96 Å². The maximum atomic E-state index is 5.41. The zero-order chi connectivity index (χ0) is 16.3. The maximum absolute atomic E-state index is 5.41. The Hall–Kier alpha value is -0.860. The minimum absolute atomic E-state index is 0. The number of morpholine rings is 1. The molecule has 5 nitrogen and oxygen atoms in total. The number of guanidine groups is 1. The van der Waals surface area contributed by atoms with Gasteiger partial charge in [-0.05, 0) is 17.5 Å². The second kappa shape index (κ2) is 12.5. The van der Waals surface area contributed by atoms with Crippen LogP contribution in [-0.2, 0) is 17.8 Å². The molecule has 1 aliphatic rings. The number of ether oxygens (including phenoxy) is 1. The Balaban J connectivity index is 0.00000288. The molecule has 0 radical (unpaired) electrons. The molecular weight excluding hydrogens is 415 g/mol. The summed E-state index contributed by atoms with van der Waals surface area (Å²) in [5.41, 5.74) is 2.65. The lowest BCUT2D eigenvalue weighted by Gasteiger charge is -2.26. The summed E-state index contributed by atoms with van der Waals surface area (Å²) in [6, 6.07) is 8.78. The molecule has 0 aromatic heterocycles.